The van der Waals surface area contributed by atoms with Crippen LogP contribution in [0.2, 0.25) is 10.0 Å². The lowest BCUT2D eigenvalue weighted by Crippen LogP contribution is -2.30. The van der Waals surface area contributed by atoms with Crippen LogP contribution in [0.1, 0.15) is 26.7 Å². The van der Waals surface area contributed by atoms with Crippen LogP contribution in [0.25, 0.3) is 6.08 Å². The molecule has 0 aromatic heterocycles. The van der Waals surface area contributed by atoms with Crippen molar-refractivity contribution in [2.24, 2.45) is 0 Å². The predicted molar refractivity (Wildman–Crippen MR) is 190 cm³/mol. The van der Waals surface area contributed by atoms with Gasteiger partial charge in [0, 0.05) is 21.8 Å². The van der Waals surface area contributed by atoms with Crippen molar-refractivity contribution in [1.29, 1.82) is 0 Å². The first-order chi connectivity index (χ1) is 22.8. The average molecular weight is 683 g/mol. The number of anilines is 2. The number of nitrogens with one attached hydrogen (secondary N) is 3. The number of carbonyl (C=O) groups excluding carboxylic acids is 3. The largest absolute Gasteiger partial charge is 0.497 e. The van der Waals surface area contributed by atoms with E-state index in [9.17, 15) is 14.4 Å². The summed E-state index contributed by atoms with van der Waals surface area (Å²) in [4.78, 5) is 40.8. The zero-order valence-electron chi connectivity index (χ0n) is 25.1. The van der Waals surface area contributed by atoms with Gasteiger partial charge in [-0.2, -0.15) is 0 Å². The number of rotatable bonds is 11. The minimum atomic E-state index is -0.563. The molecule has 0 heterocycles. The highest BCUT2D eigenvalue weighted by atomic mass is 35.5. The summed E-state index contributed by atoms with van der Waals surface area (Å²) in [7, 11) is 1.59. The molecule has 0 radical (unpaired) electrons. The molecule has 0 aliphatic heterocycles. The van der Waals surface area contributed by atoms with Gasteiger partial charge in [-0.3, -0.25) is 14.4 Å². The molecule has 3 N–H and O–H groups in total. The molecule has 5 aromatic rings. The van der Waals surface area contributed by atoms with E-state index >= 15 is 0 Å². The second-order valence-electron chi connectivity index (χ2n) is 10.1. The van der Waals surface area contributed by atoms with Gasteiger partial charge in [0.1, 0.15) is 16.7 Å². The Morgan fingerprint density at radius 2 is 1.34 bits per heavy atom. The summed E-state index contributed by atoms with van der Waals surface area (Å²) in [6.45, 7) is 0. The summed E-state index contributed by atoms with van der Waals surface area (Å²) < 4.78 is 5.21. The summed E-state index contributed by atoms with van der Waals surface area (Å²) >= 11 is 13.9. The van der Waals surface area contributed by atoms with Crippen molar-refractivity contribution < 1.29 is 19.1 Å². The molecule has 5 aromatic carbocycles. The minimum absolute atomic E-state index is 0.0270. The Balaban J connectivity index is 1.33. The lowest BCUT2D eigenvalue weighted by molar-refractivity contribution is -0.116. The Bertz CT molecular complexity index is 1890. The van der Waals surface area contributed by atoms with Crippen LogP contribution in [0.4, 0.5) is 11.4 Å². The van der Waals surface area contributed by atoms with Crippen molar-refractivity contribution in [2.75, 3.05) is 17.7 Å². The van der Waals surface area contributed by atoms with Crippen LogP contribution < -0.4 is 20.7 Å². The Labute approximate surface area is 287 Å². The smallest absolute Gasteiger partial charge is 0.272 e. The predicted octanol–water partition coefficient (Wildman–Crippen LogP) is 8.88. The summed E-state index contributed by atoms with van der Waals surface area (Å²) in [5.41, 5.74) is 2.79. The molecule has 47 heavy (non-hydrogen) atoms. The number of amides is 3. The molecular formula is C37H29Cl2N3O4S. The van der Waals surface area contributed by atoms with Crippen LogP contribution >= 0.6 is 35.0 Å². The normalized spacial score (nSPS) is 11.7. The lowest BCUT2D eigenvalue weighted by Gasteiger charge is -2.18. The van der Waals surface area contributed by atoms with Gasteiger partial charge in [0.25, 0.3) is 11.8 Å². The lowest BCUT2D eigenvalue weighted by atomic mass is 10.1. The fourth-order valence-electron chi connectivity index (χ4n) is 4.46. The number of halogens is 2. The van der Waals surface area contributed by atoms with Crippen molar-refractivity contribution >= 4 is 70.1 Å². The quantitative estimate of drug-likeness (QED) is 0.0956. The van der Waals surface area contributed by atoms with Gasteiger partial charge in [-0.05, 0) is 83.9 Å². The van der Waals surface area contributed by atoms with Crippen LogP contribution in [0.5, 0.6) is 5.75 Å². The van der Waals surface area contributed by atoms with Gasteiger partial charge in [0.15, 0.2) is 0 Å². The van der Waals surface area contributed by atoms with Gasteiger partial charge in [-0.25, -0.2) is 0 Å². The first kappa shape index (κ1) is 33.3. The Hall–Kier alpha value is -5.02. The van der Waals surface area contributed by atoms with E-state index in [4.69, 9.17) is 27.9 Å². The zero-order valence-corrected chi connectivity index (χ0v) is 27.4. The summed E-state index contributed by atoms with van der Waals surface area (Å²) in [6.07, 6.45) is 1.47. The number of hydrogen-bond acceptors (Lipinski definition) is 5. The molecule has 0 bridgehead atoms. The van der Waals surface area contributed by atoms with Gasteiger partial charge in [-0.1, -0.05) is 83.9 Å². The summed E-state index contributed by atoms with van der Waals surface area (Å²) in [5.74, 6) is -0.519. The summed E-state index contributed by atoms with van der Waals surface area (Å²) in [6, 6.07) is 37.3. The van der Waals surface area contributed by atoms with Gasteiger partial charge in [0.05, 0.1) is 17.2 Å². The van der Waals surface area contributed by atoms with Crippen molar-refractivity contribution in [3.63, 3.8) is 0 Å². The third-order valence-corrected chi connectivity index (χ3v) is 8.97. The minimum Gasteiger partial charge on any atom is -0.497 e. The van der Waals surface area contributed by atoms with E-state index in [2.05, 4.69) is 16.0 Å². The standard InChI is InChI=1S/C37H29Cl2N3O4S/c1-46-29-19-15-27(16-20-29)41-37(45)34(24-9-4-2-5-10-24)47-30-21-17-28(18-22-30)40-36(44)32(23-26-13-8-14-31(38)33(26)39)42-35(43)25-11-6-3-7-12-25/h2-23,34H,1H3,(H,40,44)(H,41,45)(H,42,43)/b32-23-. The summed E-state index contributed by atoms with van der Waals surface area (Å²) in [5, 5.41) is 8.53. The van der Waals surface area contributed by atoms with Crippen LogP contribution in [0.3, 0.4) is 0 Å². The van der Waals surface area contributed by atoms with E-state index < -0.39 is 17.1 Å². The first-order valence-electron chi connectivity index (χ1n) is 14.4. The maximum Gasteiger partial charge on any atom is 0.272 e. The van der Waals surface area contributed by atoms with Crippen molar-refractivity contribution in [2.45, 2.75) is 10.1 Å². The highest BCUT2D eigenvalue weighted by Gasteiger charge is 2.23. The van der Waals surface area contributed by atoms with E-state index in [1.807, 2.05) is 42.5 Å². The van der Waals surface area contributed by atoms with Gasteiger partial charge in [-0.15, -0.1) is 11.8 Å². The number of benzene rings is 5. The van der Waals surface area contributed by atoms with E-state index in [-0.39, 0.29) is 16.6 Å². The average Bonchev–Trinajstić information content (AvgIpc) is 3.10. The second kappa shape index (κ2) is 16.0. The maximum atomic E-state index is 13.5. The Kier molecular flexibility index (Phi) is 11.4. The molecule has 7 nitrogen and oxygen atoms in total. The fourth-order valence-corrected chi connectivity index (χ4v) is 5.85. The van der Waals surface area contributed by atoms with Crippen molar-refractivity contribution in [3.8, 4) is 5.75 Å². The highest BCUT2D eigenvalue weighted by Crippen LogP contribution is 2.37. The molecule has 0 aliphatic rings. The topological polar surface area (TPSA) is 96.5 Å². The van der Waals surface area contributed by atoms with Crippen LogP contribution in [-0.2, 0) is 9.59 Å². The fraction of sp³-hybridized carbons (Fsp3) is 0.0541. The van der Waals surface area contributed by atoms with Crippen LogP contribution in [0.15, 0.2) is 138 Å². The SMILES string of the molecule is COc1ccc(NC(=O)C(Sc2ccc(NC(=O)/C(=C/c3cccc(Cl)c3Cl)NC(=O)c3ccccc3)cc2)c2ccccc2)cc1. The number of thioether (sulfide) groups is 1. The van der Waals surface area contributed by atoms with E-state index in [1.54, 1.807) is 92.0 Å². The molecule has 1 atom stereocenters. The number of carbonyl (C=O) groups is 3. The molecule has 10 heteroatoms. The zero-order chi connectivity index (χ0) is 33.2. The van der Waals surface area contributed by atoms with Crippen LogP contribution in [0, 0.1) is 0 Å². The van der Waals surface area contributed by atoms with Gasteiger partial charge < -0.3 is 20.7 Å². The number of hydrogen-bond donors (Lipinski definition) is 3. The van der Waals surface area contributed by atoms with Crippen molar-refractivity contribution in [1.82, 2.24) is 5.32 Å². The molecule has 3 amide bonds. The van der Waals surface area contributed by atoms with E-state index in [0.717, 1.165) is 10.5 Å². The molecule has 0 saturated carbocycles. The van der Waals surface area contributed by atoms with E-state index in [0.29, 0.717) is 33.3 Å². The molecule has 5 rings (SSSR count). The highest BCUT2D eigenvalue weighted by molar-refractivity contribution is 8.00. The van der Waals surface area contributed by atoms with Gasteiger partial charge in [0.2, 0.25) is 5.91 Å². The molecule has 0 fully saturated rings. The first-order valence-corrected chi connectivity index (χ1v) is 16.0. The molecule has 236 valence electrons. The third-order valence-electron chi connectivity index (χ3n) is 6.87. The molecule has 1 unspecified atom stereocenters. The molecular weight excluding hydrogens is 653 g/mol. The van der Waals surface area contributed by atoms with Crippen molar-refractivity contribution in [3.05, 3.63) is 160 Å². The number of methoxy groups -OCH3 is 1. The second-order valence-corrected chi connectivity index (χ2v) is 12.1. The molecule has 0 spiro atoms. The molecule has 0 saturated heterocycles. The maximum absolute atomic E-state index is 13.5. The van der Waals surface area contributed by atoms with Crippen LogP contribution in [-0.4, -0.2) is 24.8 Å². The number of ether oxygens (including phenoxy) is 1. The monoisotopic (exact) mass is 681 g/mol. The van der Waals surface area contributed by atoms with E-state index in [1.165, 1.54) is 17.8 Å². The third kappa shape index (κ3) is 9.04. The molecule has 0 aliphatic carbocycles. The van der Waals surface area contributed by atoms with Gasteiger partial charge >= 0.3 is 0 Å². The Morgan fingerprint density at radius 3 is 2.00 bits per heavy atom. The Morgan fingerprint density at radius 1 is 0.723 bits per heavy atom.